The van der Waals surface area contributed by atoms with Gasteiger partial charge in [0.05, 0.1) is 6.54 Å². The molecular weight excluding hydrogens is 221 g/mol. The van der Waals surface area contributed by atoms with Crippen LogP contribution in [0.25, 0.3) is 0 Å². The summed E-state index contributed by atoms with van der Waals surface area (Å²) in [7, 11) is 0. The molecule has 2 saturated heterocycles. The van der Waals surface area contributed by atoms with Gasteiger partial charge in [-0.3, -0.25) is 4.90 Å². The largest absolute Gasteiger partial charge is 0.411 e. The highest BCUT2D eigenvalue weighted by molar-refractivity contribution is 5.60. The van der Waals surface area contributed by atoms with Crippen molar-refractivity contribution >= 4 is 6.21 Å². The summed E-state index contributed by atoms with van der Waals surface area (Å²) in [5, 5.41) is 11.4. The van der Waals surface area contributed by atoms with Crippen LogP contribution in [-0.2, 0) is 0 Å². The van der Waals surface area contributed by atoms with Crippen molar-refractivity contribution in [3.8, 4) is 0 Å². The molecule has 2 atom stereocenters. The Morgan fingerprint density at radius 1 is 1.25 bits per heavy atom. The highest BCUT2D eigenvalue weighted by Gasteiger charge is 2.44. The number of oxime groups is 1. The summed E-state index contributed by atoms with van der Waals surface area (Å²) in [6.07, 6.45) is 0.356. The van der Waals surface area contributed by atoms with Crippen LogP contribution in [0.4, 0.5) is 13.2 Å². The van der Waals surface area contributed by atoms with Crippen molar-refractivity contribution in [3.05, 3.63) is 0 Å². The van der Waals surface area contributed by atoms with E-state index in [1.165, 1.54) is 6.21 Å². The molecule has 2 aliphatic rings. The van der Waals surface area contributed by atoms with Crippen molar-refractivity contribution in [3.63, 3.8) is 0 Å². The summed E-state index contributed by atoms with van der Waals surface area (Å²) in [6.45, 7) is -0.800. The second kappa shape index (κ2) is 4.24. The fourth-order valence-corrected chi connectivity index (χ4v) is 3.00. The van der Waals surface area contributed by atoms with Crippen LogP contribution in [0.3, 0.4) is 0 Å². The number of fused-ring (bicyclic) bond motifs is 2. The van der Waals surface area contributed by atoms with E-state index in [1.54, 1.807) is 4.90 Å². The molecule has 0 aromatic rings. The highest BCUT2D eigenvalue weighted by atomic mass is 19.4. The average molecular weight is 236 g/mol. The first-order valence-electron chi connectivity index (χ1n) is 5.49. The Bertz CT molecular complexity index is 266. The van der Waals surface area contributed by atoms with Gasteiger partial charge in [0, 0.05) is 24.2 Å². The molecule has 0 aromatic carbocycles. The van der Waals surface area contributed by atoms with E-state index in [0.29, 0.717) is 12.8 Å². The molecule has 0 aliphatic carbocycles. The van der Waals surface area contributed by atoms with E-state index in [0.717, 1.165) is 12.8 Å². The number of alkyl halides is 3. The Balaban J connectivity index is 2.00. The SMILES string of the molecule is ON=CC1CC2CCC(C1)N2CC(F)(F)F. The van der Waals surface area contributed by atoms with Crippen molar-refractivity contribution < 1.29 is 18.4 Å². The Morgan fingerprint density at radius 3 is 2.25 bits per heavy atom. The second-order valence-corrected chi connectivity index (χ2v) is 4.67. The molecule has 2 rings (SSSR count). The number of hydrogen-bond acceptors (Lipinski definition) is 3. The van der Waals surface area contributed by atoms with Crippen LogP contribution in [0.15, 0.2) is 5.16 Å². The van der Waals surface area contributed by atoms with Gasteiger partial charge in [-0.2, -0.15) is 13.2 Å². The van der Waals surface area contributed by atoms with Gasteiger partial charge in [-0.15, -0.1) is 5.16 Å². The predicted molar refractivity (Wildman–Crippen MR) is 52.6 cm³/mol. The number of piperidine rings is 1. The monoisotopic (exact) mass is 236 g/mol. The van der Waals surface area contributed by atoms with Gasteiger partial charge >= 0.3 is 6.18 Å². The van der Waals surface area contributed by atoms with E-state index in [4.69, 9.17) is 5.21 Å². The predicted octanol–water partition coefficient (Wildman–Crippen LogP) is 2.25. The molecular formula is C10H15F3N2O. The molecule has 2 bridgehead atoms. The molecule has 2 fully saturated rings. The third kappa shape index (κ3) is 2.48. The van der Waals surface area contributed by atoms with Crippen LogP contribution in [0.2, 0.25) is 0 Å². The van der Waals surface area contributed by atoms with Crippen molar-refractivity contribution in [1.82, 2.24) is 4.90 Å². The molecule has 0 saturated carbocycles. The Hall–Kier alpha value is -0.780. The molecule has 16 heavy (non-hydrogen) atoms. The molecule has 0 amide bonds. The lowest BCUT2D eigenvalue weighted by Gasteiger charge is -2.37. The molecule has 6 heteroatoms. The van der Waals surface area contributed by atoms with Gasteiger partial charge in [-0.1, -0.05) is 0 Å². The van der Waals surface area contributed by atoms with Crippen molar-refractivity contribution in [2.24, 2.45) is 11.1 Å². The minimum atomic E-state index is -4.11. The maximum Gasteiger partial charge on any atom is 0.401 e. The Labute approximate surface area is 91.9 Å². The van der Waals surface area contributed by atoms with Crippen molar-refractivity contribution in [2.45, 2.75) is 43.9 Å². The lowest BCUT2D eigenvalue weighted by molar-refractivity contribution is -0.155. The van der Waals surface area contributed by atoms with Crippen molar-refractivity contribution in [2.75, 3.05) is 6.54 Å². The Morgan fingerprint density at radius 2 is 1.81 bits per heavy atom. The van der Waals surface area contributed by atoms with E-state index in [-0.39, 0.29) is 18.0 Å². The maximum absolute atomic E-state index is 12.4. The van der Waals surface area contributed by atoms with E-state index in [9.17, 15) is 13.2 Å². The number of hydrogen-bond donors (Lipinski definition) is 1. The van der Waals surface area contributed by atoms with Gasteiger partial charge in [-0.05, 0) is 25.7 Å². The van der Waals surface area contributed by atoms with E-state index >= 15 is 0 Å². The molecule has 3 nitrogen and oxygen atoms in total. The molecule has 0 spiro atoms. The first-order valence-corrected chi connectivity index (χ1v) is 5.49. The molecule has 0 radical (unpaired) electrons. The summed E-state index contributed by atoms with van der Waals surface area (Å²) in [5.41, 5.74) is 0. The van der Waals surface area contributed by atoms with Crippen LogP contribution in [0, 0.1) is 5.92 Å². The maximum atomic E-state index is 12.4. The van der Waals surface area contributed by atoms with Crippen LogP contribution in [0.5, 0.6) is 0 Å². The zero-order valence-corrected chi connectivity index (χ0v) is 8.82. The van der Waals surface area contributed by atoms with Crippen LogP contribution in [-0.4, -0.2) is 41.1 Å². The number of nitrogens with zero attached hydrogens (tertiary/aromatic N) is 2. The summed E-state index contributed by atoms with van der Waals surface area (Å²) in [4.78, 5) is 1.57. The second-order valence-electron chi connectivity index (χ2n) is 4.67. The van der Waals surface area contributed by atoms with E-state index in [1.807, 2.05) is 0 Å². The van der Waals surface area contributed by atoms with Crippen molar-refractivity contribution in [1.29, 1.82) is 0 Å². The number of rotatable bonds is 2. The molecule has 2 heterocycles. The fraction of sp³-hybridized carbons (Fsp3) is 0.900. The summed E-state index contributed by atoms with van der Waals surface area (Å²) in [6, 6.07) is 0.00625. The zero-order chi connectivity index (χ0) is 11.8. The first-order chi connectivity index (χ1) is 7.49. The lowest BCUT2D eigenvalue weighted by Crippen LogP contribution is -2.47. The minimum Gasteiger partial charge on any atom is -0.411 e. The summed E-state index contributed by atoms with van der Waals surface area (Å²) < 4.78 is 37.1. The van der Waals surface area contributed by atoms with E-state index < -0.39 is 12.7 Å². The van der Waals surface area contributed by atoms with Gasteiger partial charge in [0.1, 0.15) is 0 Å². The summed E-state index contributed by atoms with van der Waals surface area (Å²) >= 11 is 0. The van der Waals surface area contributed by atoms with Gasteiger partial charge in [-0.25, -0.2) is 0 Å². The third-order valence-electron chi connectivity index (χ3n) is 3.56. The highest BCUT2D eigenvalue weighted by Crippen LogP contribution is 2.39. The normalized spacial score (nSPS) is 36.1. The molecule has 1 N–H and O–H groups in total. The van der Waals surface area contributed by atoms with Gasteiger partial charge in [0.25, 0.3) is 0 Å². The van der Waals surface area contributed by atoms with Gasteiger partial charge < -0.3 is 5.21 Å². The van der Waals surface area contributed by atoms with Gasteiger partial charge in [0.2, 0.25) is 0 Å². The molecule has 2 aliphatic heterocycles. The van der Waals surface area contributed by atoms with Crippen LogP contribution in [0.1, 0.15) is 25.7 Å². The molecule has 92 valence electrons. The first kappa shape index (κ1) is 11.7. The fourth-order valence-electron chi connectivity index (χ4n) is 3.00. The van der Waals surface area contributed by atoms with Gasteiger partial charge in [0.15, 0.2) is 0 Å². The lowest BCUT2D eigenvalue weighted by atomic mass is 9.92. The Kier molecular flexibility index (Phi) is 3.10. The smallest absolute Gasteiger partial charge is 0.401 e. The minimum absolute atomic E-state index is 0.00313. The summed E-state index contributed by atoms with van der Waals surface area (Å²) in [5.74, 6) is 0.131. The van der Waals surface area contributed by atoms with Crippen LogP contribution >= 0.6 is 0 Å². The molecule has 0 aromatic heterocycles. The average Bonchev–Trinajstić information content (AvgIpc) is 2.42. The topological polar surface area (TPSA) is 35.8 Å². The third-order valence-corrected chi connectivity index (χ3v) is 3.56. The quantitative estimate of drug-likeness (QED) is 0.453. The van der Waals surface area contributed by atoms with E-state index in [2.05, 4.69) is 5.16 Å². The molecule has 2 unspecified atom stereocenters. The zero-order valence-electron chi connectivity index (χ0n) is 8.82. The standard InChI is InChI=1S/C10H15F3N2O/c11-10(12,13)6-15-8-1-2-9(15)4-7(3-8)5-14-16/h5,7-9,16H,1-4,6H2. The number of halogens is 3. The van der Waals surface area contributed by atoms with Crippen LogP contribution < -0.4 is 0 Å².